The van der Waals surface area contributed by atoms with E-state index in [0.717, 1.165) is 44.9 Å². The lowest BCUT2D eigenvalue weighted by molar-refractivity contribution is -0.152. The summed E-state index contributed by atoms with van der Waals surface area (Å²) in [6.45, 7) is 0.631. The maximum Gasteiger partial charge on any atom is 0.326 e. The lowest BCUT2D eigenvalue weighted by atomic mass is 9.88. The first kappa shape index (κ1) is 13.4. The predicted octanol–water partition coefficient (Wildman–Crippen LogP) is 2.42. The zero-order valence-electron chi connectivity index (χ0n) is 10.9. The van der Waals surface area contributed by atoms with Crippen LogP contribution in [0.15, 0.2) is 0 Å². The number of carbonyl (C=O) groups is 2. The second kappa shape index (κ2) is 6.21. The zero-order chi connectivity index (χ0) is 13.0. The fourth-order valence-corrected chi connectivity index (χ4v) is 3.21. The van der Waals surface area contributed by atoms with Gasteiger partial charge in [-0.3, -0.25) is 4.79 Å². The van der Waals surface area contributed by atoms with Gasteiger partial charge in [0.1, 0.15) is 6.04 Å². The molecule has 2 rings (SSSR count). The van der Waals surface area contributed by atoms with Crippen LogP contribution in [0.3, 0.4) is 0 Å². The number of amides is 1. The third-order valence-corrected chi connectivity index (χ3v) is 4.28. The molecule has 0 aromatic carbocycles. The third kappa shape index (κ3) is 3.03. The van der Waals surface area contributed by atoms with Gasteiger partial charge in [0.05, 0.1) is 0 Å². The summed E-state index contributed by atoms with van der Waals surface area (Å²) in [6, 6.07) is -0.582. The smallest absolute Gasteiger partial charge is 0.326 e. The number of carboxylic acids is 1. The van der Waals surface area contributed by atoms with Gasteiger partial charge >= 0.3 is 5.97 Å². The molecule has 4 nitrogen and oxygen atoms in total. The second-order valence-electron chi connectivity index (χ2n) is 5.57. The van der Waals surface area contributed by atoms with Crippen molar-refractivity contribution in [1.29, 1.82) is 0 Å². The van der Waals surface area contributed by atoms with Gasteiger partial charge in [-0.15, -0.1) is 0 Å². The number of nitrogens with zero attached hydrogens (tertiary/aromatic N) is 1. The Morgan fingerprint density at radius 1 is 0.889 bits per heavy atom. The van der Waals surface area contributed by atoms with Crippen LogP contribution in [0, 0.1) is 5.92 Å². The molecule has 1 saturated heterocycles. The van der Waals surface area contributed by atoms with Crippen molar-refractivity contribution in [3.05, 3.63) is 0 Å². The highest BCUT2D eigenvalue weighted by atomic mass is 16.4. The number of aliphatic carboxylic acids is 1. The molecule has 0 bridgehead atoms. The maximum absolute atomic E-state index is 12.5. The van der Waals surface area contributed by atoms with Crippen molar-refractivity contribution >= 4 is 11.9 Å². The number of carbonyl (C=O) groups excluding carboxylic acids is 1. The van der Waals surface area contributed by atoms with Crippen molar-refractivity contribution < 1.29 is 14.7 Å². The van der Waals surface area contributed by atoms with Gasteiger partial charge in [-0.2, -0.15) is 0 Å². The van der Waals surface area contributed by atoms with Gasteiger partial charge in [-0.25, -0.2) is 4.79 Å². The quantitative estimate of drug-likeness (QED) is 0.822. The van der Waals surface area contributed by atoms with Gasteiger partial charge in [0.2, 0.25) is 5.91 Å². The molecule has 4 heteroatoms. The summed E-state index contributed by atoms with van der Waals surface area (Å²) >= 11 is 0. The van der Waals surface area contributed by atoms with Crippen molar-refractivity contribution in [3.8, 4) is 0 Å². The molecule has 0 spiro atoms. The molecule has 18 heavy (non-hydrogen) atoms. The Hall–Kier alpha value is -1.06. The Labute approximate surface area is 108 Å². The van der Waals surface area contributed by atoms with Gasteiger partial charge in [0.15, 0.2) is 0 Å². The van der Waals surface area contributed by atoms with Crippen LogP contribution in [0.5, 0.6) is 0 Å². The largest absolute Gasteiger partial charge is 0.480 e. The SMILES string of the molecule is O=C(O)C1CCCCCN1C(=O)C1CCCCC1. The molecule has 0 radical (unpaired) electrons. The molecular weight excluding hydrogens is 230 g/mol. The Morgan fingerprint density at radius 3 is 2.17 bits per heavy atom. The Balaban J connectivity index is 2.06. The first-order chi connectivity index (χ1) is 8.70. The van der Waals surface area contributed by atoms with Crippen molar-refractivity contribution in [3.63, 3.8) is 0 Å². The molecule has 0 aromatic rings. The Kier molecular flexibility index (Phi) is 4.61. The maximum atomic E-state index is 12.5. The van der Waals surface area contributed by atoms with E-state index in [1.807, 2.05) is 0 Å². The number of hydrogen-bond donors (Lipinski definition) is 1. The summed E-state index contributed by atoms with van der Waals surface area (Å²) in [6.07, 6.45) is 8.86. The van der Waals surface area contributed by atoms with Gasteiger partial charge in [0, 0.05) is 12.5 Å². The highest BCUT2D eigenvalue weighted by molar-refractivity contribution is 5.85. The molecule has 1 amide bonds. The summed E-state index contributed by atoms with van der Waals surface area (Å²) in [4.78, 5) is 25.5. The van der Waals surface area contributed by atoms with Crippen LogP contribution in [0.4, 0.5) is 0 Å². The van der Waals surface area contributed by atoms with E-state index in [4.69, 9.17) is 0 Å². The van der Waals surface area contributed by atoms with Crippen LogP contribution in [0.1, 0.15) is 57.8 Å². The lowest BCUT2D eigenvalue weighted by Crippen LogP contribution is -2.47. The van der Waals surface area contributed by atoms with Crippen LogP contribution in [-0.4, -0.2) is 34.5 Å². The predicted molar refractivity (Wildman–Crippen MR) is 68.2 cm³/mol. The minimum atomic E-state index is -0.832. The van der Waals surface area contributed by atoms with E-state index in [0.29, 0.717) is 13.0 Å². The lowest BCUT2D eigenvalue weighted by Gasteiger charge is -2.32. The van der Waals surface area contributed by atoms with Crippen molar-refractivity contribution in [2.75, 3.05) is 6.54 Å². The summed E-state index contributed by atoms with van der Waals surface area (Å²) in [7, 11) is 0. The standard InChI is InChI=1S/C14H23NO3/c16-13(11-7-3-1-4-8-11)15-10-6-2-5-9-12(15)14(17)18/h11-12H,1-10H2,(H,17,18). The highest BCUT2D eigenvalue weighted by Gasteiger charge is 2.34. The number of likely N-dealkylation sites (tertiary alicyclic amines) is 1. The van der Waals surface area contributed by atoms with Crippen LogP contribution < -0.4 is 0 Å². The fourth-order valence-electron chi connectivity index (χ4n) is 3.21. The van der Waals surface area contributed by atoms with E-state index >= 15 is 0 Å². The summed E-state index contributed by atoms with van der Waals surface area (Å²) < 4.78 is 0. The van der Waals surface area contributed by atoms with E-state index in [1.165, 1.54) is 6.42 Å². The van der Waals surface area contributed by atoms with E-state index < -0.39 is 12.0 Å². The molecule has 1 aliphatic carbocycles. The highest BCUT2D eigenvalue weighted by Crippen LogP contribution is 2.28. The fraction of sp³-hybridized carbons (Fsp3) is 0.857. The molecule has 2 aliphatic rings. The molecular formula is C14H23NO3. The van der Waals surface area contributed by atoms with Gasteiger partial charge < -0.3 is 10.0 Å². The van der Waals surface area contributed by atoms with Gasteiger partial charge in [-0.05, 0) is 25.7 Å². The molecule has 1 N–H and O–H groups in total. The third-order valence-electron chi connectivity index (χ3n) is 4.28. The molecule has 102 valence electrons. The monoisotopic (exact) mass is 253 g/mol. The topological polar surface area (TPSA) is 57.6 Å². The van der Waals surface area contributed by atoms with Crippen LogP contribution in [-0.2, 0) is 9.59 Å². The average molecular weight is 253 g/mol. The molecule has 0 aromatic heterocycles. The van der Waals surface area contributed by atoms with Crippen molar-refractivity contribution in [2.45, 2.75) is 63.8 Å². The van der Waals surface area contributed by atoms with E-state index in [-0.39, 0.29) is 11.8 Å². The first-order valence-corrected chi connectivity index (χ1v) is 7.23. The van der Waals surface area contributed by atoms with Gasteiger partial charge in [0.25, 0.3) is 0 Å². The second-order valence-corrected chi connectivity index (χ2v) is 5.57. The van der Waals surface area contributed by atoms with Gasteiger partial charge in [-0.1, -0.05) is 32.1 Å². The summed E-state index contributed by atoms with van der Waals surface area (Å²) in [5, 5.41) is 9.29. The van der Waals surface area contributed by atoms with Crippen molar-refractivity contribution in [1.82, 2.24) is 4.90 Å². The van der Waals surface area contributed by atoms with E-state index in [9.17, 15) is 14.7 Å². The van der Waals surface area contributed by atoms with Crippen LogP contribution in [0.2, 0.25) is 0 Å². The molecule has 1 atom stereocenters. The minimum Gasteiger partial charge on any atom is -0.480 e. The molecule has 1 unspecified atom stereocenters. The number of carboxylic acid groups (broad SMARTS) is 1. The number of rotatable bonds is 2. The number of hydrogen-bond acceptors (Lipinski definition) is 2. The van der Waals surface area contributed by atoms with Crippen molar-refractivity contribution in [2.24, 2.45) is 5.92 Å². The minimum absolute atomic E-state index is 0.0821. The van der Waals surface area contributed by atoms with E-state index in [2.05, 4.69) is 0 Å². The molecule has 1 saturated carbocycles. The first-order valence-electron chi connectivity index (χ1n) is 7.23. The van der Waals surface area contributed by atoms with Crippen LogP contribution in [0.25, 0.3) is 0 Å². The summed E-state index contributed by atoms with van der Waals surface area (Å²) in [5.74, 6) is -0.649. The van der Waals surface area contributed by atoms with E-state index in [1.54, 1.807) is 4.90 Å². The normalized spacial score (nSPS) is 26.7. The Morgan fingerprint density at radius 2 is 1.50 bits per heavy atom. The molecule has 1 heterocycles. The molecule has 1 aliphatic heterocycles. The van der Waals surface area contributed by atoms with Crippen LogP contribution >= 0.6 is 0 Å². The Bertz CT molecular complexity index is 310. The average Bonchev–Trinajstić information content (AvgIpc) is 2.64. The zero-order valence-corrected chi connectivity index (χ0v) is 10.9. The summed E-state index contributed by atoms with van der Waals surface area (Å²) in [5.41, 5.74) is 0. The molecule has 2 fully saturated rings.